The number of H-pyrrole nitrogens is 1. The van der Waals surface area contributed by atoms with Crippen LogP contribution in [-0.2, 0) is 0 Å². The molecular formula is C7H5N4. The van der Waals surface area contributed by atoms with E-state index in [4.69, 9.17) is 0 Å². The van der Waals surface area contributed by atoms with E-state index < -0.39 is 0 Å². The van der Waals surface area contributed by atoms with Gasteiger partial charge in [-0.1, -0.05) is 5.21 Å². The summed E-state index contributed by atoms with van der Waals surface area (Å²) in [6.07, 6.45) is 6.19. The first-order chi connectivity index (χ1) is 5.47. The number of pyridine rings is 1. The normalized spacial score (nSPS) is 9.82. The van der Waals surface area contributed by atoms with E-state index in [9.17, 15) is 0 Å². The fourth-order valence-corrected chi connectivity index (χ4v) is 0.811. The Morgan fingerprint density at radius 3 is 3.09 bits per heavy atom. The molecule has 4 heteroatoms. The summed E-state index contributed by atoms with van der Waals surface area (Å²) in [4.78, 5) is 3.94. The second-order valence-electron chi connectivity index (χ2n) is 2.03. The topological polar surface area (TPSA) is 54.5 Å². The maximum absolute atomic E-state index is 3.94. The van der Waals surface area contributed by atoms with Crippen LogP contribution in [0.3, 0.4) is 0 Å². The summed E-state index contributed by atoms with van der Waals surface area (Å²) in [5, 5.41) is 9.84. The second kappa shape index (κ2) is 2.49. The van der Waals surface area contributed by atoms with Gasteiger partial charge >= 0.3 is 0 Å². The molecule has 53 valence electrons. The molecule has 11 heavy (non-hydrogen) atoms. The van der Waals surface area contributed by atoms with E-state index in [1.54, 1.807) is 12.4 Å². The van der Waals surface area contributed by atoms with Gasteiger partial charge in [-0.2, -0.15) is 0 Å². The molecule has 0 aliphatic rings. The molecule has 0 aliphatic carbocycles. The average Bonchev–Trinajstić information content (AvgIpc) is 2.58. The number of nitrogens with one attached hydrogen (secondary N) is 1. The average molecular weight is 145 g/mol. The van der Waals surface area contributed by atoms with Crippen molar-refractivity contribution in [2.75, 3.05) is 0 Å². The standard InChI is InChI=1S/C7H5N4/c1-2-6(4-8-3-1)7-5-9-11-10-7/h1-4H,(H,9,10,11). The van der Waals surface area contributed by atoms with Crippen LogP contribution in [0.4, 0.5) is 0 Å². The zero-order valence-electron chi connectivity index (χ0n) is 5.65. The lowest BCUT2D eigenvalue weighted by Gasteiger charge is -1.89. The van der Waals surface area contributed by atoms with Crippen LogP contribution in [0.2, 0.25) is 0 Å². The van der Waals surface area contributed by atoms with Crippen molar-refractivity contribution in [2.24, 2.45) is 0 Å². The molecule has 0 spiro atoms. The Labute approximate surface area is 63.3 Å². The lowest BCUT2D eigenvalue weighted by atomic mass is 10.2. The molecule has 1 N–H and O–H groups in total. The van der Waals surface area contributed by atoms with E-state index in [0.717, 1.165) is 5.56 Å². The first kappa shape index (κ1) is 6.03. The third-order valence-electron chi connectivity index (χ3n) is 1.31. The van der Waals surface area contributed by atoms with Crippen molar-refractivity contribution in [3.05, 3.63) is 30.7 Å². The Hall–Kier alpha value is -1.71. The van der Waals surface area contributed by atoms with Gasteiger partial charge in [-0.25, -0.2) is 0 Å². The van der Waals surface area contributed by atoms with Crippen molar-refractivity contribution in [1.82, 2.24) is 20.4 Å². The van der Waals surface area contributed by atoms with E-state index in [0.29, 0.717) is 5.69 Å². The molecule has 1 radical (unpaired) electrons. The van der Waals surface area contributed by atoms with E-state index in [1.165, 1.54) is 0 Å². The highest BCUT2D eigenvalue weighted by Crippen LogP contribution is 2.10. The summed E-state index contributed by atoms with van der Waals surface area (Å²) in [6, 6.07) is 3.75. The fraction of sp³-hybridized carbons (Fsp3) is 0. The molecule has 0 aliphatic heterocycles. The van der Waals surface area contributed by atoms with Crippen molar-refractivity contribution < 1.29 is 0 Å². The lowest BCUT2D eigenvalue weighted by molar-refractivity contribution is 0.940. The summed E-state index contributed by atoms with van der Waals surface area (Å²) < 4.78 is 0. The van der Waals surface area contributed by atoms with Crippen LogP contribution in [0.25, 0.3) is 11.3 Å². The van der Waals surface area contributed by atoms with Crippen LogP contribution in [-0.4, -0.2) is 20.4 Å². The zero-order valence-corrected chi connectivity index (χ0v) is 5.65. The van der Waals surface area contributed by atoms with Gasteiger partial charge in [-0.15, -0.1) is 5.10 Å². The van der Waals surface area contributed by atoms with Crippen molar-refractivity contribution >= 4 is 0 Å². The number of hydrogen-bond donors (Lipinski definition) is 1. The largest absolute Gasteiger partial charge is 0.264 e. The summed E-state index contributed by atoms with van der Waals surface area (Å²) in [7, 11) is 0. The Morgan fingerprint density at radius 2 is 2.45 bits per heavy atom. The highest BCUT2D eigenvalue weighted by Gasteiger charge is 1.98. The monoisotopic (exact) mass is 145 g/mol. The lowest BCUT2D eigenvalue weighted by Crippen LogP contribution is -1.78. The third kappa shape index (κ3) is 1.10. The van der Waals surface area contributed by atoms with Crippen molar-refractivity contribution in [3.63, 3.8) is 0 Å². The molecule has 0 fully saturated rings. The van der Waals surface area contributed by atoms with Crippen molar-refractivity contribution in [1.29, 1.82) is 0 Å². The van der Waals surface area contributed by atoms with Gasteiger partial charge in [0, 0.05) is 18.0 Å². The van der Waals surface area contributed by atoms with Crippen LogP contribution < -0.4 is 0 Å². The molecule has 2 rings (SSSR count). The van der Waals surface area contributed by atoms with Gasteiger partial charge in [-0.05, 0) is 12.1 Å². The van der Waals surface area contributed by atoms with E-state index in [2.05, 4.69) is 26.6 Å². The third-order valence-corrected chi connectivity index (χ3v) is 1.31. The molecule has 0 unspecified atom stereocenters. The van der Waals surface area contributed by atoms with Gasteiger partial charge < -0.3 is 0 Å². The summed E-state index contributed by atoms with van der Waals surface area (Å²) in [5.41, 5.74) is 1.61. The van der Waals surface area contributed by atoms with Crippen LogP contribution in [0, 0.1) is 6.20 Å². The van der Waals surface area contributed by atoms with Crippen LogP contribution in [0.15, 0.2) is 24.5 Å². The van der Waals surface area contributed by atoms with E-state index in [-0.39, 0.29) is 0 Å². The minimum Gasteiger partial charge on any atom is -0.264 e. The van der Waals surface area contributed by atoms with Gasteiger partial charge in [0.15, 0.2) is 0 Å². The maximum atomic E-state index is 3.94. The second-order valence-corrected chi connectivity index (χ2v) is 2.03. The van der Waals surface area contributed by atoms with E-state index in [1.807, 2.05) is 12.1 Å². The number of nitrogens with zero attached hydrogens (tertiary/aromatic N) is 3. The van der Waals surface area contributed by atoms with Crippen molar-refractivity contribution in [3.8, 4) is 11.3 Å². The quantitative estimate of drug-likeness (QED) is 0.641. The van der Waals surface area contributed by atoms with Crippen molar-refractivity contribution in [2.45, 2.75) is 0 Å². The first-order valence-electron chi connectivity index (χ1n) is 3.16. The predicted molar refractivity (Wildman–Crippen MR) is 38.4 cm³/mol. The fourth-order valence-electron chi connectivity index (χ4n) is 0.811. The Kier molecular flexibility index (Phi) is 1.37. The molecule has 0 bridgehead atoms. The number of hydrogen-bond acceptors (Lipinski definition) is 3. The molecule has 2 aromatic heterocycles. The molecule has 2 aromatic rings. The van der Waals surface area contributed by atoms with Crippen LogP contribution in [0.5, 0.6) is 0 Å². The summed E-state index contributed by atoms with van der Waals surface area (Å²) in [5.74, 6) is 0. The first-order valence-corrected chi connectivity index (χ1v) is 3.16. The molecule has 0 saturated carbocycles. The molecule has 0 saturated heterocycles. The zero-order chi connectivity index (χ0) is 7.52. The molecule has 2 heterocycles. The van der Waals surface area contributed by atoms with E-state index >= 15 is 0 Å². The SMILES string of the molecule is [c]1[nH]nnc1-c1cccnc1. The van der Waals surface area contributed by atoms with Gasteiger partial charge in [0.2, 0.25) is 0 Å². The van der Waals surface area contributed by atoms with Gasteiger partial charge in [-0.3, -0.25) is 10.1 Å². The molecule has 0 amide bonds. The van der Waals surface area contributed by atoms with Gasteiger partial charge in [0.1, 0.15) is 11.9 Å². The highest BCUT2D eigenvalue weighted by atomic mass is 15.3. The Balaban J connectivity index is 2.46. The van der Waals surface area contributed by atoms with Crippen LogP contribution >= 0.6 is 0 Å². The maximum Gasteiger partial charge on any atom is 0.123 e. The van der Waals surface area contributed by atoms with Gasteiger partial charge in [0.05, 0.1) is 0 Å². The van der Waals surface area contributed by atoms with Gasteiger partial charge in [0.25, 0.3) is 0 Å². The highest BCUT2D eigenvalue weighted by molar-refractivity contribution is 5.54. The molecular weight excluding hydrogens is 140 g/mol. The van der Waals surface area contributed by atoms with Crippen LogP contribution in [0.1, 0.15) is 0 Å². The summed E-state index contributed by atoms with van der Waals surface area (Å²) >= 11 is 0. The molecule has 4 nitrogen and oxygen atoms in total. The number of rotatable bonds is 1. The smallest absolute Gasteiger partial charge is 0.123 e. The predicted octanol–water partition coefficient (Wildman–Crippen LogP) is 0.667. The molecule has 0 atom stereocenters. The minimum absolute atomic E-state index is 0.693. The Morgan fingerprint density at radius 1 is 1.45 bits per heavy atom. The molecule has 0 aromatic carbocycles. The Bertz CT molecular complexity index is 313. The minimum atomic E-state index is 0.693. The number of aromatic amines is 1. The summed E-state index contributed by atoms with van der Waals surface area (Å²) in [6.45, 7) is 0. The number of aromatic nitrogens is 4.